The number of imide groups is 1. The smallest absolute Gasteiger partial charge is 0.426 e. The molecular formula is C74H110N14O16S. The fraction of sp³-hybridized carbons (Fsp3) is 0.608. The average molecular weight is 1480 g/mol. The second-order valence-corrected chi connectivity index (χ2v) is 28.4. The minimum Gasteiger partial charge on any atom is -0.446 e. The Bertz CT molecular complexity index is 3410. The molecule has 0 bridgehead atoms. The number of alkyl carbamates (subject to hydrolysis) is 1. The summed E-state index contributed by atoms with van der Waals surface area (Å²) in [4.78, 5) is 167. The lowest BCUT2D eigenvalue weighted by atomic mass is 9.79. The number of aromatic nitrogens is 1. The summed E-state index contributed by atoms with van der Waals surface area (Å²) in [5.41, 5.74) is 12.7. The predicted molar refractivity (Wildman–Crippen MR) is 393 cm³/mol. The summed E-state index contributed by atoms with van der Waals surface area (Å²) < 4.78 is 22.5. The highest BCUT2D eigenvalue weighted by Gasteiger charge is 2.40. The molecule has 31 heteroatoms. The van der Waals surface area contributed by atoms with Gasteiger partial charge in [-0.25, -0.2) is 24.8 Å². The van der Waals surface area contributed by atoms with Crippen molar-refractivity contribution in [1.29, 1.82) is 0 Å². The number of amides is 13. The van der Waals surface area contributed by atoms with Crippen LogP contribution < -0.4 is 53.8 Å². The van der Waals surface area contributed by atoms with Gasteiger partial charge in [-0.2, -0.15) is 0 Å². The molecule has 0 saturated carbocycles. The quantitative estimate of drug-likeness (QED) is 0.0169. The number of benzene rings is 2. The van der Waals surface area contributed by atoms with Gasteiger partial charge >= 0.3 is 18.2 Å². The van der Waals surface area contributed by atoms with E-state index in [1.54, 1.807) is 43.5 Å². The molecule has 1 aromatic heterocycles. The molecule has 2 aromatic carbocycles. The van der Waals surface area contributed by atoms with Crippen LogP contribution in [0.1, 0.15) is 189 Å². The van der Waals surface area contributed by atoms with Crippen molar-refractivity contribution < 1.29 is 76.5 Å². The summed E-state index contributed by atoms with van der Waals surface area (Å²) in [5.74, 6) is -4.70. The Balaban J connectivity index is 0.905. The monoisotopic (exact) mass is 1480 g/mol. The van der Waals surface area contributed by atoms with Crippen molar-refractivity contribution >= 4 is 88.4 Å². The third-order valence-electron chi connectivity index (χ3n) is 18.8. The number of primary amides is 1. The number of piperidine rings is 1. The molecule has 3 aromatic rings. The van der Waals surface area contributed by atoms with Crippen molar-refractivity contribution in [2.24, 2.45) is 23.5 Å². The molecule has 3 aliphatic rings. The van der Waals surface area contributed by atoms with E-state index in [-0.39, 0.29) is 137 Å². The summed E-state index contributed by atoms with van der Waals surface area (Å²) in [6, 6.07) is 9.24. The van der Waals surface area contributed by atoms with Crippen molar-refractivity contribution in [3.8, 4) is 0 Å². The third kappa shape index (κ3) is 27.4. The maximum absolute atomic E-state index is 14.8. The molecule has 13 amide bonds. The first-order chi connectivity index (χ1) is 50.3. The van der Waals surface area contributed by atoms with Gasteiger partial charge in [0, 0.05) is 80.9 Å². The number of carbonyl (C=O) groups is 12. The molecule has 578 valence electrons. The first-order valence-corrected chi connectivity index (χ1v) is 37.7. The third-order valence-corrected chi connectivity index (χ3v) is 19.7. The summed E-state index contributed by atoms with van der Waals surface area (Å²) in [5, 5.41) is 21.9. The van der Waals surface area contributed by atoms with Gasteiger partial charge in [0.05, 0.1) is 25.2 Å². The molecule has 2 aliphatic heterocycles. The molecular weight excluding hydrogens is 1370 g/mol. The van der Waals surface area contributed by atoms with Crippen LogP contribution in [-0.4, -0.2) is 194 Å². The number of unbranched alkanes of at least 4 members (excludes halogenated alkanes) is 2. The van der Waals surface area contributed by atoms with Crippen LogP contribution in [0.4, 0.5) is 20.1 Å². The molecule has 3 heterocycles. The number of rotatable bonds is 42. The van der Waals surface area contributed by atoms with Crippen molar-refractivity contribution in [2.75, 3.05) is 71.5 Å². The number of anilines is 1. The van der Waals surface area contributed by atoms with Crippen LogP contribution in [0.5, 0.6) is 0 Å². The van der Waals surface area contributed by atoms with Crippen LogP contribution in [0.25, 0.3) is 0 Å². The Labute approximate surface area is 619 Å². The highest BCUT2D eigenvalue weighted by molar-refractivity contribution is 7.09. The van der Waals surface area contributed by atoms with E-state index in [2.05, 4.69) is 66.8 Å². The molecule has 30 nitrogen and oxygen atoms in total. The first-order valence-electron chi connectivity index (χ1n) is 36.9. The second kappa shape index (κ2) is 44.0. The summed E-state index contributed by atoms with van der Waals surface area (Å²) in [6.07, 6.45) is 8.14. The van der Waals surface area contributed by atoms with E-state index >= 15 is 0 Å². The standard InChI is InChI=1S/C74H110N14O16S/c1-10-34-87(71(97)64(48(8)12-3)83-68(95)57-24-17-19-35-86(57)9)58(46(4)5)43-59(102-37-11-2)70-81-56(45-105-70)67(94)79-52-41-50-21-15-16-22-53(50)54(42-52)65(92)84-85-74(100)103-40-39-101-38-33-77-73(99)104-44-49-26-28-51(29-27-49)78-66(93)55(23-20-32-76-72(75)98)80-69(96)63(47(6)7)82-60(89)25-14-13-18-36-88-61(90)30-31-62(88)91/h15-16,21-22,26-31,45-48,52,54-55,57-59,63-64H,10-14,17-20,23-25,32-44H2,1-9H3,(H,77,99)(H,78,93)(H,79,94)(H,80,96)(H,82,89)(H,83,95)(H,84,92)(H,85,100)(H3,75,76,98)/t48-,52-,54+,55-,57+,58+,59+,63-,64-/m0/s1. The van der Waals surface area contributed by atoms with E-state index in [9.17, 15) is 57.5 Å². The largest absolute Gasteiger partial charge is 0.446 e. The van der Waals surface area contributed by atoms with E-state index in [0.717, 1.165) is 48.3 Å². The van der Waals surface area contributed by atoms with Gasteiger partial charge in [-0.05, 0) is 124 Å². The number of nitrogens with one attached hydrogen (secondary N) is 9. The van der Waals surface area contributed by atoms with Crippen LogP contribution in [-0.2, 0) is 70.3 Å². The fourth-order valence-corrected chi connectivity index (χ4v) is 13.6. The number of carbonyl (C=O) groups excluding carboxylic acids is 12. The molecule has 1 aliphatic carbocycles. The minimum absolute atomic E-state index is 0.00862. The molecule has 1 saturated heterocycles. The highest BCUT2D eigenvalue weighted by atomic mass is 32.1. The zero-order chi connectivity index (χ0) is 76.5. The number of hydrogen-bond acceptors (Lipinski definition) is 19. The number of likely N-dealkylation sites (tertiary alicyclic amines) is 1. The second-order valence-electron chi connectivity index (χ2n) is 27.5. The number of hydrazine groups is 1. The highest BCUT2D eigenvalue weighted by Crippen LogP contribution is 2.34. The lowest BCUT2D eigenvalue weighted by Crippen LogP contribution is -2.58. The number of hydrogen-bond donors (Lipinski definition) is 10. The molecule has 105 heavy (non-hydrogen) atoms. The Hall–Kier alpha value is -9.07. The molecule has 9 atom stereocenters. The SMILES string of the molecule is CCCO[C@H](C[C@H](C(C)C)N(CCC)C(=O)[C@@H](NC(=O)[C@H]1CCCCN1C)[C@@H](C)CC)c1nc(C(=O)N[C@H]2Cc3ccccc3[C@H](C(=O)NNC(=O)OCCOCCNC(=O)OCc3ccc(NC(=O)[C@H](CCCNC(N)=O)NC(=O)[C@@H](NC(=O)CCCCCN4C(=O)C=CC4=O)C(C)C)cc3)C2)cs1. The summed E-state index contributed by atoms with van der Waals surface area (Å²) in [6.45, 7) is 17.6. The van der Waals surface area contributed by atoms with Crippen LogP contribution in [0, 0.1) is 17.8 Å². The van der Waals surface area contributed by atoms with Crippen LogP contribution in [0.3, 0.4) is 0 Å². The number of urea groups is 1. The number of nitrogens with zero attached hydrogens (tertiary/aromatic N) is 4. The number of ether oxygens (including phenoxy) is 4. The minimum atomic E-state index is -1.09. The topological polar surface area (TPSA) is 399 Å². The maximum atomic E-state index is 14.8. The lowest BCUT2D eigenvalue weighted by molar-refractivity contribution is -0.143. The molecule has 6 rings (SSSR count). The van der Waals surface area contributed by atoms with E-state index < -0.39 is 78.0 Å². The van der Waals surface area contributed by atoms with Gasteiger partial charge in [0.15, 0.2) is 0 Å². The Morgan fingerprint density at radius 2 is 1.49 bits per heavy atom. The Morgan fingerprint density at radius 3 is 2.17 bits per heavy atom. The molecule has 1 fully saturated rings. The van der Waals surface area contributed by atoms with Crippen molar-refractivity contribution in [3.63, 3.8) is 0 Å². The van der Waals surface area contributed by atoms with Crippen LogP contribution >= 0.6 is 11.3 Å². The van der Waals surface area contributed by atoms with Crippen LogP contribution in [0.2, 0.25) is 0 Å². The molecule has 0 unspecified atom stereocenters. The van der Waals surface area contributed by atoms with Gasteiger partial charge in [-0.1, -0.05) is 111 Å². The number of likely N-dealkylation sites (N-methyl/N-ethyl adjacent to an activating group) is 1. The first kappa shape index (κ1) is 84.9. The van der Waals surface area contributed by atoms with E-state index in [1.165, 1.54) is 23.5 Å². The molecule has 0 radical (unpaired) electrons. The van der Waals surface area contributed by atoms with Crippen molar-refractivity contribution in [2.45, 2.75) is 207 Å². The zero-order valence-electron chi connectivity index (χ0n) is 62.2. The average Bonchev–Trinajstić information content (AvgIpc) is 1.47. The van der Waals surface area contributed by atoms with E-state index in [0.29, 0.717) is 74.4 Å². The van der Waals surface area contributed by atoms with Crippen LogP contribution in [0.15, 0.2) is 66.1 Å². The van der Waals surface area contributed by atoms with E-state index in [1.807, 2.05) is 63.9 Å². The summed E-state index contributed by atoms with van der Waals surface area (Å²) >= 11 is 1.31. The van der Waals surface area contributed by atoms with Gasteiger partial charge in [0.1, 0.15) is 48.1 Å². The number of fused-ring (bicyclic) bond motifs is 1. The predicted octanol–water partition coefficient (Wildman–Crippen LogP) is 6.31. The van der Waals surface area contributed by atoms with Gasteiger partial charge in [-0.3, -0.25) is 58.4 Å². The Kier molecular flexibility index (Phi) is 35.6. The number of nitrogens with two attached hydrogens (primary N) is 1. The maximum Gasteiger partial charge on any atom is 0.426 e. The molecule has 0 spiro atoms. The lowest BCUT2D eigenvalue weighted by Gasteiger charge is -2.40. The van der Waals surface area contributed by atoms with Crippen molar-refractivity contribution in [3.05, 3.63) is 93.5 Å². The molecule has 11 N–H and O–H groups in total. The Morgan fingerprint density at radius 1 is 0.743 bits per heavy atom. The number of thiazole rings is 1. The normalized spacial score (nSPS) is 17.4. The van der Waals surface area contributed by atoms with E-state index in [4.69, 9.17) is 29.7 Å². The van der Waals surface area contributed by atoms with Gasteiger partial charge in [0.2, 0.25) is 35.4 Å². The van der Waals surface area contributed by atoms with Gasteiger partial charge in [-0.15, -0.1) is 11.3 Å². The summed E-state index contributed by atoms with van der Waals surface area (Å²) in [7, 11) is 1.96. The van der Waals surface area contributed by atoms with Gasteiger partial charge < -0.3 is 66.8 Å². The van der Waals surface area contributed by atoms with Crippen molar-refractivity contribution in [1.82, 2.24) is 62.4 Å². The van der Waals surface area contributed by atoms with Gasteiger partial charge in [0.25, 0.3) is 17.7 Å². The fourth-order valence-electron chi connectivity index (χ4n) is 12.7. The zero-order valence-corrected chi connectivity index (χ0v) is 63.0.